The Morgan fingerprint density at radius 2 is 2.33 bits per heavy atom. The van der Waals surface area contributed by atoms with Crippen LogP contribution in [0.15, 0.2) is 24.4 Å². The van der Waals surface area contributed by atoms with Gasteiger partial charge in [0.25, 0.3) is 0 Å². The molecule has 1 aromatic heterocycles. The maximum atomic E-state index is 10.6. The van der Waals surface area contributed by atoms with Crippen LogP contribution < -0.4 is 0 Å². The molecule has 0 atom stereocenters. The van der Waals surface area contributed by atoms with Crippen LogP contribution in [0.1, 0.15) is 10.5 Å². The molecule has 0 radical (unpaired) electrons. The van der Waals surface area contributed by atoms with Gasteiger partial charge in [-0.15, -0.1) is 0 Å². The van der Waals surface area contributed by atoms with Crippen LogP contribution in [-0.4, -0.2) is 9.28 Å². The van der Waals surface area contributed by atoms with Crippen molar-refractivity contribution in [2.24, 2.45) is 0 Å². The fraction of sp³-hybridized carbons (Fsp3) is 0. The molecule has 3 heteroatoms. The monoisotopic (exact) mass is 299 g/mol. The normalized spacial score (nSPS) is 9.11. The Morgan fingerprint density at radius 1 is 1.56 bits per heavy atom. The summed E-state index contributed by atoms with van der Waals surface area (Å²) in [5, 5.41) is 0. The quantitative estimate of drug-likeness (QED) is 0.766. The molecule has 1 heterocycles. The zero-order valence-electron chi connectivity index (χ0n) is 4.50. The Morgan fingerprint density at radius 3 is 2.67 bits per heavy atom. The third kappa shape index (κ3) is 1.70. The van der Waals surface area contributed by atoms with Crippen molar-refractivity contribution < 1.29 is 23.7 Å². The minimum absolute atomic E-state index is 0.00981. The van der Waals surface area contributed by atoms with Gasteiger partial charge in [-0.05, 0) is 0 Å². The second-order valence-electron chi connectivity index (χ2n) is 1.47. The van der Waals surface area contributed by atoms with Crippen molar-refractivity contribution in [2.45, 2.75) is 0 Å². The molecule has 0 amide bonds. The predicted molar refractivity (Wildman–Crippen MR) is 28.6 cm³/mol. The molecule has 48 valence electrons. The van der Waals surface area contributed by atoms with Gasteiger partial charge in [-0.1, -0.05) is 0 Å². The van der Waals surface area contributed by atoms with E-state index in [1.54, 1.807) is 24.4 Å². The van der Waals surface area contributed by atoms with Crippen molar-refractivity contribution in [3.05, 3.63) is 30.1 Å². The number of pyridine rings is 1. The van der Waals surface area contributed by atoms with Gasteiger partial charge in [-0.25, -0.2) is 0 Å². The molecule has 1 aromatic rings. The van der Waals surface area contributed by atoms with Crippen molar-refractivity contribution in [3.8, 4) is 0 Å². The summed E-state index contributed by atoms with van der Waals surface area (Å²) in [6.45, 7) is 0. The number of aromatic nitrogens is 1. The zero-order valence-corrected chi connectivity index (χ0v) is 6.89. The van der Waals surface area contributed by atoms with Crippen LogP contribution in [0.2, 0.25) is 0 Å². The van der Waals surface area contributed by atoms with Gasteiger partial charge in [0.15, 0.2) is 0 Å². The van der Waals surface area contributed by atoms with Crippen LogP contribution in [0.3, 0.4) is 0 Å². The van der Waals surface area contributed by atoms with Crippen molar-refractivity contribution in [2.75, 3.05) is 0 Å². The Kier molecular flexibility index (Phi) is 2.09. The van der Waals surface area contributed by atoms with Gasteiger partial charge >= 0.3 is 63.1 Å². The Bertz CT molecular complexity index is 210. The summed E-state index contributed by atoms with van der Waals surface area (Å²) in [7, 11) is 0. The Labute approximate surface area is 63.5 Å². The third-order valence-corrected chi connectivity index (χ3v) is 1.47. The number of hydrogen-bond donors (Lipinski definition) is 0. The second-order valence-corrected chi connectivity index (χ2v) is 2.56. The molecular weight excluding hydrogens is 294 g/mol. The summed E-state index contributed by atoms with van der Waals surface area (Å²) in [6, 6.07) is 5.28. The number of rotatable bonds is 1. The van der Waals surface area contributed by atoms with E-state index < -0.39 is 0 Å². The maximum absolute atomic E-state index is 10.6. The van der Waals surface area contributed by atoms with E-state index in [1.807, 2.05) is 0 Å². The molecule has 9 heavy (non-hydrogen) atoms. The van der Waals surface area contributed by atoms with Crippen molar-refractivity contribution in [1.82, 2.24) is 4.98 Å². The molecule has 2 nitrogen and oxygen atoms in total. The molecule has 0 aliphatic carbocycles. The summed E-state index contributed by atoms with van der Waals surface area (Å²) >= 11 is 1.50. The predicted octanol–water partition coefficient (Wildman–Crippen LogP) is 0.769. The van der Waals surface area contributed by atoms with Crippen LogP contribution in [0.25, 0.3) is 0 Å². The number of carbonyl (C=O) groups excluding carboxylic acids is 1. The molecule has 0 fully saturated rings. The molecule has 0 aliphatic rings. The third-order valence-electron chi connectivity index (χ3n) is 0.855. The summed E-state index contributed by atoms with van der Waals surface area (Å²) < 4.78 is 0.00981. The number of hydrogen-bond acceptors (Lipinski definition) is 2. The van der Waals surface area contributed by atoms with Gasteiger partial charge in [0, 0.05) is 0 Å². The molecular formula is C6H4IrNO. The van der Waals surface area contributed by atoms with Crippen molar-refractivity contribution in [3.63, 3.8) is 0 Å². The topological polar surface area (TPSA) is 30.0 Å². The van der Waals surface area contributed by atoms with Gasteiger partial charge in [-0.2, -0.15) is 0 Å². The molecule has 1 rings (SSSR count). The van der Waals surface area contributed by atoms with E-state index in [-0.39, 0.29) is 4.30 Å². The molecule has 0 unspecified atom stereocenters. The van der Waals surface area contributed by atoms with Gasteiger partial charge < -0.3 is 0 Å². The first-order valence-corrected chi connectivity index (χ1v) is 3.59. The Balaban J connectivity index is 2.98. The van der Waals surface area contributed by atoms with Gasteiger partial charge in [-0.3, -0.25) is 0 Å². The molecule has 0 aliphatic heterocycles. The minimum atomic E-state index is 0.00981. The van der Waals surface area contributed by atoms with E-state index in [0.717, 1.165) is 0 Å². The number of carbonyl (C=O) groups is 1. The van der Waals surface area contributed by atoms with Crippen LogP contribution in [-0.2, 0) is 18.9 Å². The zero-order chi connectivity index (χ0) is 6.69. The van der Waals surface area contributed by atoms with E-state index in [4.69, 9.17) is 0 Å². The summed E-state index contributed by atoms with van der Waals surface area (Å²) in [6.07, 6.45) is 1.61. The fourth-order valence-corrected chi connectivity index (χ4v) is 0.827. The van der Waals surface area contributed by atoms with E-state index in [9.17, 15) is 4.79 Å². The summed E-state index contributed by atoms with van der Waals surface area (Å²) in [5.74, 6) is 0. The van der Waals surface area contributed by atoms with E-state index in [0.29, 0.717) is 5.69 Å². The molecule has 0 saturated heterocycles. The summed E-state index contributed by atoms with van der Waals surface area (Å²) in [4.78, 5) is 14.4. The van der Waals surface area contributed by atoms with E-state index in [1.165, 1.54) is 18.9 Å². The van der Waals surface area contributed by atoms with E-state index >= 15 is 0 Å². The van der Waals surface area contributed by atoms with E-state index in [2.05, 4.69) is 4.98 Å². The van der Waals surface area contributed by atoms with Gasteiger partial charge in [0.2, 0.25) is 0 Å². The van der Waals surface area contributed by atoms with Crippen LogP contribution in [0, 0.1) is 0 Å². The van der Waals surface area contributed by atoms with Crippen molar-refractivity contribution >= 4 is 4.30 Å². The van der Waals surface area contributed by atoms with Crippen LogP contribution in [0.4, 0.5) is 0 Å². The summed E-state index contributed by atoms with van der Waals surface area (Å²) in [5.41, 5.74) is 0.525. The first-order valence-electron chi connectivity index (χ1n) is 2.39. The van der Waals surface area contributed by atoms with Crippen LogP contribution in [0.5, 0.6) is 0 Å². The van der Waals surface area contributed by atoms with Gasteiger partial charge in [0.05, 0.1) is 0 Å². The first-order chi connectivity index (χ1) is 4.30. The average molecular weight is 298 g/mol. The molecule has 0 N–H and O–H groups in total. The van der Waals surface area contributed by atoms with Gasteiger partial charge in [0.1, 0.15) is 0 Å². The SMILES string of the molecule is O=[C]([Ir])c1ccccn1. The second kappa shape index (κ2) is 2.85. The average Bonchev–Trinajstić information content (AvgIpc) is 1.90. The molecule has 0 bridgehead atoms. The first kappa shape index (κ1) is 6.59. The standard InChI is InChI=1S/C6H4NO.Ir/c8-5-6-3-1-2-4-7-6;/h1-4H;. The molecule has 0 aromatic carbocycles. The fourth-order valence-electron chi connectivity index (χ4n) is 0.472. The molecule has 0 spiro atoms. The Hall–Kier alpha value is -0.531. The van der Waals surface area contributed by atoms with Crippen LogP contribution >= 0.6 is 0 Å². The van der Waals surface area contributed by atoms with Crippen molar-refractivity contribution in [1.29, 1.82) is 0 Å². The molecule has 0 saturated carbocycles. The number of nitrogens with zero attached hydrogens (tertiary/aromatic N) is 1.